The van der Waals surface area contributed by atoms with Gasteiger partial charge in [-0.2, -0.15) is 38.1 Å². The zero-order valence-corrected chi connectivity index (χ0v) is 34.7. The molecule has 0 aromatic heterocycles. The Labute approximate surface area is 331 Å². The highest BCUT2D eigenvalue weighted by molar-refractivity contribution is 7.97. The highest BCUT2D eigenvalue weighted by Crippen LogP contribution is 2.61. The van der Waals surface area contributed by atoms with Crippen molar-refractivity contribution in [3.8, 4) is 0 Å². The molecule has 7 nitrogen and oxygen atoms in total. The number of esters is 3. The summed E-state index contributed by atoms with van der Waals surface area (Å²) in [5.74, 6) is 1.87. The molecule has 0 aromatic rings. The summed E-state index contributed by atoms with van der Waals surface area (Å²) in [5.41, 5.74) is -6.55. The molecule has 0 aromatic carbocycles. The first-order valence-corrected chi connectivity index (χ1v) is 22.4. The van der Waals surface area contributed by atoms with Crippen LogP contribution in [0.4, 0.5) is 26.3 Å². The largest absolute Gasteiger partial charge is 0.458 e. The minimum atomic E-state index is -5.67. The van der Waals surface area contributed by atoms with Crippen LogP contribution in [0.5, 0.6) is 0 Å². The van der Waals surface area contributed by atoms with Gasteiger partial charge >= 0.3 is 30.3 Å². The second-order valence-corrected chi connectivity index (χ2v) is 20.8. The van der Waals surface area contributed by atoms with E-state index in [1.807, 2.05) is 40.2 Å². The highest BCUT2D eigenvalue weighted by atomic mass is 32.2. The number of carbonyl (C=O) groups excluding carboxylic acids is 3. The molecule has 0 amide bonds. The number of hydrogen-bond donors (Lipinski definition) is 1. The summed E-state index contributed by atoms with van der Waals surface area (Å²) in [7, 11) is 0. The number of halogens is 6. The zero-order valence-electron chi connectivity index (χ0n) is 33.9. The molecule has 9 unspecified atom stereocenters. The molecule has 56 heavy (non-hydrogen) atoms. The quantitative estimate of drug-likeness (QED) is 0.140. The van der Waals surface area contributed by atoms with Gasteiger partial charge in [0.15, 0.2) is 0 Å². The van der Waals surface area contributed by atoms with Crippen molar-refractivity contribution in [2.24, 2.45) is 70.0 Å². The van der Waals surface area contributed by atoms with Crippen LogP contribution in [0.25, 0.3) is 0 Å². The van der Waals surface area contributed by atoms with Crippen molar-refractivity contribution in [1.82, 2.24) is 0 Å². The Morgan fingerprint density at radius 1 is 0.821 bits per heavy atom. The molecule has 9 atom stereocenters. The number of alkyl halides is 6. The van der Waals surface area contributed by atoms with Gasteiger partial charge in [0.1, 0.15) is 17.8 Å². The van der Waals surface area contributed by atoms with E-state index in [4.69, 9.17) is 19.3 Å². The van der Waals surface area contributed by atoms with Gasteiger partial charge in [-0.3, -0.25) is 14.4 Å². The molecule has 1 N–H and O–H groups in total. The lowest BCUT2D eigenvalue weighted by molar-refractivity contribution is -0.373. The summed E-state index contributed by atoms with van der Waals surface area (Å²) < 4.78 is 93.3. The molecule has 1 aliphatic heterocycles. The fourth-order valence-corrected chi connectivity index (χ4v) is 12.7. The molecule has 0 spiro atoms. The van der Waals surface area contributed by atoms with E-state index in [2.05, 4.69) is 6.92 Å². The Hall–Kier alpha value is -1.70. The maximum atomic E-state index is 13.6. The second kappa shape index (κ2) is 15.4. The SMILES string of the molecule is CCC(C)(CC(C)(C)C(=O)OC1(C)C2CC3CC(C2)CC1C3)C(=O)OC1C2CC3C(=O)OC1C3C2.CSC.OC(CC1CC2CCC1C2)(C(F)(F)F)C(F)(F)F. The van der Waals surface area contributed by atoms with Crippen LogP contribution in [0, 0.1) is 70.0 Å². The predicted molar refractivity (Wildman–Crippen MR) is 198 cm³/mol. The van der Waals surface area contributed by atoms with Gasteiger partial charge < -0.3 is 19.3 Å². The molecule has 9 rings (SSSR count). The summed E-state index contributed by atoms with van der Waals surface area (Å²) in [4.78, 5) is 39.3. The Morgan fingerprint density at radius 3 is 1.88 bits per heavy atom. The third-order valence-electron chi connectivity index (χ3n) is 15.8. The van der Waals surface area contributed by atoms with Gasteiger partial charge in [-0.1, -0.05) is 13.3 Å². The number of carbonyl (C=O) groups is 3. The summed E-state index contributed by atoms with van der Waals surface area (Å²) >= 11 is 1.75. The lowest BCUT2D eigenvalue weighted by Crippen LogP contribution is -2.59. The molecule has 8 saturated carbocycles. The Balaban J connectivity index is 0.000000213. The van der Waals surface area contributed by atoms with Crippen molar-refractivity contribution in [1.29, 1.82) is 0 Å². The van der Waals surface area contributed by atoms with Crippen LogP contribution >= 0.6 is 11.8 Å². The first-order valence-electron chi connectivity index (χ1n) is 20.8. The molecule has 8 aliphatic carbocycles. The van der Waals surface area contributed by atoms with Gasteiger partial charge in [0.2, 0.25) is 0 Å². The Kier molecular flexibility index (Phi) is 12.1. The number of hydrogen-bond acceptors (Lipinski definition) is 8. The van der Waals surface area contributed by atoms with E-state index in [1.165, 1.54) is 32.1 Å². The molecular weight excluding hydrogens is 763 g/mol. The molecule has 14 heteroatoms. The van der Waals surface area contributed by atoms with E-state index in [0.717, 1.165) is 31.1 Å². The molecule has 9 fully saturated rings. The molecule has 9 aliphatic rings. The van der Waals surface area contributed by atoms with Crippen LogP contribution in [0.3, 0.4) is 0 Å². The normalized spacial score (nSPS) is 40.0. The monoisotopic (exact) mass is 824 g/mol. The van der Waals surface area contributed by atoms with Gasteiger partial charge in [0, 0.05) is 11.8 Å². The van der Waals surface area contributed by atoms with Crippen LogP contribution in [0.1, 0.15) is 125 Å². The molecule has 320 valence electrons. The minimum Gasteiger partial charge on any atom is -0.458 e. The van der Waals surface area contributed by atoms with Gasteiger partial charge in [0.05, 0.1) is 16.7 Å². The molecule has 0 radical (unpaired) electrons. The maximum Gasteiger partial charge on any atom is 0.426 e. The van der Waals surface area contributed by atoms with Crippen molar-refractivity contribution in [2.75, 3.05) is 12.5 Å². The number of rotatable bonds is 9. The fraction of sp³-hybridized carbons (Fsp3) is 0.929. The third-order valence-corrected chi connectivity index (χ3v) is 15.8. The van der Waals surface area contributed by atoms with Gasteiger partial charge in [-0.25, -0.2) is 0 Å². The molecular formula is C42H62F6O7S. The summed E-state index contributed by atoms with van der Waals surface area (Å²) in [5, 5.41) is 9.12. The number of ether oxygens (including phenoxy) is 3. The van der Waals surface area contributed by atoms with Crippen LogP contribution in [-0.2, 0) is 28.6 Å². The molecule has 1 saturated heterocycles. The predicted octanol–water partition coefficient (Wildman–Crippen LogP) is 9.72. The number of fused-ring (bicyclic) bond motifs is 3. The third kappa shape index (κ3) is 7.86. The number of thioether (sulfide) groups is 1. The lowest BCUT2D eigenvalue weighted by Gasteiger charge is -2.59. The van der Waals surface area contributed by atoms with E-state index < -0.39 is 41.1 Å². The smallest absolute Gasteiger partial charge is 0.426 e. The average molecular weight is 825 g/mol. The van der Waals surface area contributed by atoms with E-state index in [-0.39, 0.29) is 65.3 Å². The Bertz CT molecular complexity index is 1440. The van der Waals surface area contributed by atoms with Crippen LogP contribution < -0.4 is 0 Å². The van der Waals surface area contributed by atoms with Crippen LogP contribution in [0.15, 0.2) is 0 Å². The molecule has 1 heterocycles. The van der Waals surface area contributed by atoms with Gasteiger partial charge in [-0.05, 0) is 165 Å². The summed E-state index contributed by atoms with van der Waals surface area (Å²) in [6, 6.07) is 0. The van der Waals surface area contributed by atoms with E-state index >= 15 is 0 Å². The summed E-state index contributed by atoms with van der Waals surface area (Å²) in [6.45, 7) is 9.89. The second-order valence-electron chi connectivity index (χ2n) is 20.0. The topological polar surface area (TPSA) is 99.1 Å². The lowest BCUT2D eigenvalue weighted by atomic mass is 9.50. The van der Waals surface area contributed by atoms with Crippen molar-refractivity contribution in [3.63, 3.8) is 0 Å². The van der Waals surface area contributed by atoms with Gasteiger partial charge in [-0.15, -0.1) is 0 Å². The number of aliphatic hydroxyl groups is 1. The van der Waals surface area contributed by atoms with Crippen molar-refractivity contribution in [2.45, 2.75) is 160 Å². The van der Waals surface area contributed by atoms with E-state index in [1.54, 1.807) is 11.8 Å². The van der Waals surface area contributed by atoms with E-state index in [9.17, 15) is 40.7 Å². The fourth-order valence-electron chi connectivity index (χ4n) is 12.7. The maximum absolute atomic E-state index is 13.6. The standard InChI is InChI=1S/C29H42O6.C11H14F6O.C2H6S/c1-6-28(4,26(32)34-22-17-12-20-21(13-17)24(30)33-23(20)22)14-27(2,3)25(31)35-29(5)18-8-15-7-16(10-18)11-19(29)9-15;12-10(13,14)9(18,11(15,16)17)5-8-4-6-1-2-7(8)3-6;1-3-2/h15-23H,6-14H2,1-5H3;6-8,18H,1-5H2;1-2H3. The average Bonchev–Trinajstić information content (AvgIpc) is 3.91. The molecule has 8 bridgehead atoms. The summed E-state index contributed by atoms with van der Waals surface area (Å²) in [6.07, 6.45) is 2.23. The van der Waals surface area contributed by atoms with Crippen molar-refractivity contribution >= 4 is 29.7 Å². The van der Waals surface area contributed by atoms with Crippen LogP contribution in [0.2, 0.25) is 0 Å². The van der Waals surface area contributed by atoms with E-state index in [0.29, 0.717) is 43.9 Å². The minimum absolute atomic E-state index is 0.00208. The van der Waals surface area contributed by atoms with Crippen molar-refractivity contribution in [3.05, 3.63) is 0 Å². The van der Waals surface area contributed by atoms with Gasteiger partial charge in [0.25, 0.3) is 5.60 Å². The van der Waals surface area contributed by atoms with Crippen LogP contribution in [-0.4, -0.2) is 71.3 Å². The zero-order chi connectivity index (χ0) is 41.4. The first-order chi connectivity index (χ1) is 25.9. The Morgan fingerprint density at radius 2 is 1.39 bits per heavy atom. The first kappa shape index (κ1) is 43.9. The van der Waals surface area contributed by atoms with Crippen molar-refractivity contribution < 1.29 is 60.0 Å². The highest BCUT2D eigenvalue weighted by Gasteiger charge is 2.71.